The molecule has 0 amide bonds. The third kappa shape index (κ3) is 1.91. The molecule has 1 rings (SSSR count). The van der Waals surface area contributed by atoms with Gasteiger partial charge < -0.3 is 4.79 Å². The highest BCUT2D eigenvalue weighted by Crippen LogP contribution is 2.16. The lowest BCUT2D eigenvalue weighted by Crippen LogP contribution is -1.97. The maximum Gasteiger partial charge on any atom is 0.127 e. The van der Waals surface area contributed by atoms with Crippen molar-refractivity contribution in [1.29, 1.82) is 0 Å². The zero-order valence-corrected chi connectivity index (χ0v) is 6.66. The smallest absolute Gasteiger partial charge is 0.127 e. The SMILES string of the molecule is [CH2]CC(C=O)c1ccc(F)cc1. The van der Waals surface area contributed by atoms with Gasteiger partial charge in [-0.05, 0) is 24.1 Å². The third-order valence-electron chi connectivity index (χ3n) is 1.77. The van der Waals surface area contributed by atoms with E-state index in [-0.39, 0.29) is 11.7 Å². The van der Waals surface area contributed by atoms with Gasteiger partial charge in [-0.2, -0.15) is 0 Å². The number of carbonyl (C=O) groups excluding carboxylic acids is 1. The standard InChI is InChI=1S/C10H10FO/c1-2-8(7-12)9-3-5-10(11)6-4-9/h3-8H,1-2H2. The second kappa shape index (κ2) is 4.00. The van der Waals surface area contributed by atoms with Gasteiger partial charge in [-0.1, -0.05) is 19.1 Å². The quantitative estimate of drug-likeness (QED) is 0.628. The van der Waals surface area contributed by atoms with Crippen LogP contribution in [0.15, 0.2) is 24.3 Å². The van der Waals surface area contributed by atoms with Crippen molar-refractivity contribution >= 4 is 6.29 Å². The maximum atomic E-state index is 12.5. The van der Waals surface area contributed by atoms with Gasteiger partial charge in [-0.3, -0.25) is 0 Å². The van der Waals surface area contributed by atoms with Crippen molar-refractivity contribution in [1.82, 2.24) is 0 Å². The van der Waals surface area contributed by atoms with Gasteiger partial charge in [-0.25, -0.2) is 4.39 Å². The monoisotopic (exact) mass is 165 g/mol. The Morgan fingerprint density at radius 1 is 1.42 bits per heavy atom. The van der Waals surface area contributed by atoms with Crippen molar-refractivity contribution in [2.45, 2.75) is 12.3 Å². The van der Waals surface area contributed by atoms with Gasteiger partial charge in [0, 0.05) is 5.92 Å². The largest absolute Gasteiger partial charge is 0.303 e. The summed E-state index contributed by atoms with van der Waals surface area (Å²) in [6.45, 7) is 3.63. The lowest BCUT2D eigenvalue weighted by atomic mass is 9.98. The first-order valence-corrected chi connectivity index (χ1v) is 3.78. The molecule has 0 bridgehead atoms. The van der Waals surface area contributed by atoms with Gasteiger partial charge in [0.1, 0.15) is 12.1 Å². The Kier molecular flexibility index (Phi) is 2.97. The Balaban J connectivity index is 2.87. The van der Waals surface area contributed by atoms with Gasteiger partial charge in [0.25, 0.3) is 0 Å². The molecule has 2 heteroatoms. The van der Waals surface area contributed by atoms with Crippen LogP contribution in [0, 0.1) is 12.7 Å². The highest BCUT2D eigenvalue weighted by Gasteiger charge is 2.06. The zero-order valence-electron chi connectivity index (χ0n) is 6.66. The first kappa shape index (κ1) is 8.91. The van der Waals surface area contributed by atoms with Crippen LogP contribution in [0.5, 0.6) is 0 Å². The van der Waals surface area contributed by atoms with E-state index in [1.807, 2.05) is 0 Å². The molecule has 0 aliphatic carbocycles. The summed E-state index contributed by atoms with van der Waals surface area (Å²) in [7, 11) is 0. The van der Waals surface area contributed by atoms with Crippen molar-refractivity contribution in [3.63, 3.8) is 0 Å². The molecule has 63 valence electrons. The third-order valence-corrected chi connectivity index (χ3v) is 1.77. The molecule has 0 N–H and O–H groups in total. The van der Waals surface area contributed by atoms with Gasteiger partial charge >= 0.3 is 0 Å². The first-order valence-electron chi connectivity index (χ1n) is 3.78. The van der Waals surface area contributed by atoms with Crippen LogP contribution < -0.4 is 0 Å². The molecule has 0 fully saturated rings. The molecular weight excluding hydrogens is 155 g/mol. The molecule has 0 aliphatic rings. The summed E-state index contributed by atoms with van der Waals surface area (Å²) < 4.78 is 12.5. The van der Waals surface area contributed by atoms with Crippen molar-refractivity contribution < 1.29 is 9.18 Å². The summed E-state index contributed by atoms with van der Waals surface area (Å²) in [4.78, 5) is 10.5. The number of halogens is 1. The lowest BCUT2D eigenvalue weighted by molar-refractivity contribution is -0.109. The summed E-state index contributed by atoms with van der Waals surface area (Å²) in [5.41, 5.74) is 0.821. The summed E-state index contributed by atoms with van der Waals surface area (Å²) in [5.74, 6) is -0.488. The van der Waals surface area contributed by atoms with Crippen molar-refractivity contribution in [2.24, 2.45) is 0 Å². The zero-order chi connectivity index (χ0) is 8.97. The van der Waals surface area contributed by atoms with Crippen LogP contribution in [0.3, 0.4) is 0 Å². The highest BCUT2D eigenvalue weighted by molar-refractivity contribution is 5.62. The minimum atomic E-state index is -0.285. The highest BCUT2D eigenvalue weighted by atomic mass is 19.1. The average molecular weight is 165 g/mol. The van der Waals surface area contributed by atoms with E-state index >= 15 is 0 Å². The molecule has 1 aromatic rings. The minimum Gasteiger partial charge on any atom is -0.303 e. The predicted molar refractivity (Wildman–Crippen MR) is 45.2 cm³/mol. The van der Waals surface area contributed by atoms with Gasteiger partial charge in [0.15, 0.2) is 0 Å². The van der Waals surface area contributed by atoms with E-state index < -0.39 is 0 Å². The van der Waals surface area contributed by atoms with E-state index in [2.05, 4.69) is 6.92 Å². The summed E-state index contributed by atoms with van der Waals surface area (Å²) in [6, 6.07) is 5.92. The van der Waals surface area contributed by atoms with E-state index in [4.69, 9.17) is 0 Å². The first-order chi connectivity index (χ1) is 5.77. The molecule has 1 radical (unpaired) electrons. The van der Waals surface area contributed by atoms with Gasteiger partial charge in [0.05, 0.1) is 0 Å². The Labute approximate surface area is 71.2 Å². The van der Waals surface area contributed by atoms with E-state index in [9.17, 15) is 9.18 Å². The van der Waals surface area contributed by atoms with Gasteiger partial charge in [-0.15, -0.1) is 0 Å². The van der Waals surface area contributed by atoms with E-state index in [0.29, 0.717) is 6.42 Å². The van der Waals surface area contributed by atoms with Crippen LogP contribution in [0.4, 0.5) is 4.39 Å². The molecule has 1 atom stereocenters. The number of benzene rings is 1. The van der Waals surface area contributed by atoms with Crippen LogP contribution >= 0.6 is 0 Å². The Morgan fingerprint density at radius 3 is 2.42 bits per heavy atom. The van der Waals surface area contributed by atoms with E-state index in [1.54, 1.807) is 12.1 Å². The molecule has 1 aromatic carbocycles. The Hall–Kier alpha value is -1.18. The van der Waals surface area contributed by atoms with Crippen LogP contribution in [0.2, 0.25) is 0 Å². The molecule has 1 nitrogen and oxygen atoms in total. The number of carbonyl (C=O) groups is 1. The molecule has 0 aliphatic heterocycles. The molecule has 1 unspecified atom stereocenters. The van der Waals surface area contributed by atoms with E-state index in [0.717, 1.165) is 11.8 Å². The fourth-order valence-corrected chi connectivity index (χ4v) is 1.02. The number of rotatable bonds is 3. The van der Waals surface area contributed by atoms with Gasteiger partial charge in [0.2, 0.25) is 0 Å². The summed E-state index contributed by atoms with van der Waals surface area (Å²) in [5, 5.41) is 0. The maximum absolute atomic E-state index is 12.5. The Morgan fingerprint density at radius 2 is 2.00 bits per heavy atom. The molecule has 12 heavy (non-hydrogen) atoms. The Bertz CT molecular complexity index is 253. The van der Waals surface area contributed by atoms with Crippen LogP contribution in [0.25, 0.3) is 0 Å². The van der Waals surface area contributed by atoms with Crippen LogP contribution in [0.1, 0.15) is 17.9 Å². The molecule has 0 saturated heterocycles. The van der Waals surface area contributed by atoms with E-state index in [1.165, 1.54) is 12.1 Å². The number of hydrogen-bond donors (Lipinski definition) is 0. The normalized spacial score (nSPS) is 12.5. The topological polar surface area (TPSA) is 17.1 Å². The molecular formula is C10H10FO. The van der Waals surface area contributed by atoms with Crippen LogP contribution in [-0.2, 0) is 4.79 Å². The molecule has 0 aromatic heterocycles. The minimum absolute atomic E-state index is 0.203. The molecule has 0 heterocycles. The van der Waals surface area contributed by atoms with Crippen molar-refractivity contribution in [3.8, 4) is 0 Å². The molecule has 0 saturated carbocycles. The van der Waals surface area contributed by atoms with Crippen molar-refractivity contribution in [3.05, 3.63) is 42.6 Å². The second-order valence-corrected chi connectivity index (χ2v) is 2.58. The van der Waals surface area contributed by atoms with Crippen LogP contribution in [-0.4, -0.2) is 6.29 Å². The average Bonchev–Trinajstić information content (AvgIpc) is 2.10. The second-order valence-electron chi connectivity index (χ2n) is 2.58. The van der Waals surface area contributed by atoms with Crippen molar-refractivity contribution in [2.75, 3.05) is 0 Å². The predicted octanol–water partition coefficient (Wildman–Crippen LogP) is 2.33. The summed E-state index contributed by atoms with van der Waals surface area (Å²) >= 11 is 0. The molecule has 0 spiro atoms. The number of aldehydes is 1. The lowest BCUT2D eigenvalue weighted by Gasteiger charge is -2.05. The fourth-order valence-electron chi connectivity index (χ4n) is 1.02. The fraction of sp³-hybridized carbons (Fsp3) is 0.200. The summed E-state index contributed by atoms with van der Waals surface area (Å²) in [6.07, 6.45) is 1.34. The number of hydrogen-bond acceptors (Lipinski definition) is 1.